The van der Waals surface area contributed by atoms with Crippen molar-refractivity contribution in [2.45, 2.75) is 6.92 Å². The molecule has 0 radical (unpaired) electrons. The van der Waals surface area contributed by atoms with Gasteiger partial charge in [0.1, 0.15) is 0 Å². The van der Waals surface area contributed by atoms with E-state index in [4.69, 9.17) is 0 Å². The second-order valence-corrected chi connectivity index (χ2v) is 6.40. The third-order valence-electron chi connectivity index (χ3n) is 2.24. The van der Waals surface area contributed by atoms with Crippen molar-refractivity contribution in [1.82, 2.24) is 0 Å². The van der Waals surface area contributed by atoms with Gasteiger partial charge in [0, 0.05) is 13.6 Å². The molecule has 0 bridgehead atoms. The first-order chi connectivity index (χ1) is 7.59. The second-order valence-electron chi connectivity index (χ2n) is 3.39. The van der Waals surface area contributed by atoms with Gasteiger partial charge < -0.3 is 0 Å². The summed E-state index contributed by atoms with van der Waals surface area (Å²) < 4.78 is 1.92. The lowest BCUT2D eigenvalue weighted by Crippen LogP contribution is -2.02. The molecule has 1 nitrogen and oxygen atoms in total. The summed E-state index contributed by atoms with van der Waals surface area (Å²) >= 11 is 7.13. The van der Waals surface area contributed by atoms with E-state index in [1.165, 1.54) is 11.3 Å². The number of carbonyl (C=O) groups is 1. The molecule has 0 spiro atoms. The molecule has 82 valence electrons. The van der Waals surface area contributed by atoms with E-state index in [9.17, 15) is 4.79 Å². The first-order valence-electron chi connectivity index (χ1n) is 4.63. The van der Waals surface area contributed by atoms with Crippen LogP contribution in [0, 0.1) is 10.5 Å². The Morgan fingerprint density at radius 1 is 1.38 bits per heavy atom. The van der Waals surface area contributed by atoms with Gasteiger partial charge in [-0.15, -0.1) is 11.3 Å². The van der Waals surface area contributed by atoms with Crippen molar-refractivity contribution >= 4 is 55.6 Å². The van der Waals surface area contributed by atoms with E-state index >= 15 is 0 Å². The Balaban J connectivity index is 2.49. The number of ketones is 1. The van der Waals surface area contributed by atoms with Crippen LogP contribution >= 0.6 is 49.9 Å². The summed E-state index contributed by atoms with van der Waals surface area (Å²) in [7, 11) is 0. The van der Waals surface area contributed by atoms with Crippen molar-refractivity contribution in [2.75, 3.05) is 0 Å². The van der Waals surface area contributed by atoms with E-state index in [1.54, 1.807) is 0 Å². The number of carbonyl (C=O) groups excluding carboxylic acids is 1. The zero-order valence-corrected chi connectivity index (χ0v) is 13.0. The van der Waals surface area contributed by atoms with Gasteiger partial charge in [-0.05, 0) is 64.7 Å². The normalized spacial score (nSPS) is 10.4. The SMILES string of the molecule is Cc1ccsc1C(=O)c1cc(I)ccc1Br. The highest BCUT2D eigenvalue weighted by atomic mass is 127. The van der Waals surface area contributed by atoms with Gasteiger partial charge in [-0.25, -0.2) is 0 Å². The zero-order valence-electron chi connectivity index (χ0n) is 8.46. The summed E-state index contributed by atoms with van der Waals surface area (Å²) in [6.07, 6.45) is 0. The van der Waals surface area contributed by atoms with Crippen molar-refractivity contribution in [1.29, 1.82) is 0 Å². The molecule has 16 heavy (non-hydrogen) atoms. The molecule has 0 aliphatic heterocycles. The number of halogens is 2. The van der Waals surface area contributed by atoms with Crippen LogP contribution < -0.4 is 0 Å². The van der Waals surface area contributed by atoms with Gasteiger partial charge in [-0.1, -0.05) is 15.9 Å². The lowest BCUT2D eigenvalue weighted by molar-refractivity contribution is 0.104. The van der Waals surface area contributed by atoms with Gasteiger partial charge in [0.2, 0.25) is 5.78 Å². The van der Waals surface area contributed by atoms with Crippen LogP contribution in [0.5, 0.6) is 0 Å². The molecule has 0 unspecified atom stereocenters. The standard InChI is InChI=1S/C12H8BrIOS/c1-7-4-5-16-12(7)11(15)9-6-8(14)2-3-10(9)13/h2-6H,1H3. The highest BCUT2D eigenvalue weighted by molar-refractivity contribution is 14.1. The van der Waals surface area contributed by atoms with Gasteiger partial charge in [0.25, 0.3) is 0 Å². The molecule has 0 N–H and O–H groups in total. The van der Waals surface area contributed by atoms with Crippen LogP contribution in [0.15, 0.2) is 34.1 Å². The highest BCUT2D eigenvalue weighted by Gasteiger charge is 2.16. The number of aryl methyl sites for hydroxylation is 1. The van der Waals surface area contributed by atoms with Crippen LogP contribution in [0.3, 0.4) is 0 Å². The van der Waals surface area contributed by atoms with Crippen LogP contribution in [-0.4, -0.2) is 5.78 Å². The third-order valence-corrected chi connectivity index (χ3v) is 4.62. The van der Waals surface area contributed by atoms with Gasteiger partial charge >= 0.3 is 0 Å². The molecule has 0 saturated carbocycles. The van der Waals surface area contributed by atoms with Gasteiger partial charge in [-0.3, -0.25) is 4.79 Å². The summed E-state index contributed by atoms with van der Waals surface area (Å²) in [5.41, 5.74) is 1.78. The Bertz CT molecular complexity index is 548. The molecule has 0 aliphatic carbocycles. The fourth-order valence-corrected chi connectivity index (χ4v) is 3.20. The summed E-state index contributed by atoms with van der Waals surface area (Å²) in [4.78, 5) is 13.1. The molecular formula is C12H8BrIOS. The monoisotopic (exact) mass is 406 g/mol. The Hall–Kier alpha value is -0.200. The Morgan fingerprint density at radius 2 is 2.12 bits per heavy atom. The molecule has 0 fully saturated rings. The molecule has 1 heterocycles. The molecule has 2 rings (SSSR count). The highest BCUT2D eigenvalue weighted by Crippen LogP contribution is 2.26. The molecule has 4 heteroatoms. The summed E-state index contributed by atoms with van der Waals surface area (Å²) in [6.45, 7) is 1.96. The number of thiophene rings is 1. The average Bonchev–Trinajstić information content (AvgIpc) is 2.67. The molecule has 0 saturated heterocycles. The maximum Gasteiger partial charge on any atom is 0.204 e. The number of rotatable bonds is 2. The molecule has 0 amide bonds. The topological polar surface area (TPSA) is 17.1 Å². The average molecular weight is 407 g/mol. The van der Waals surface area contributed by atoms with Crippen molar-refractivity contribution in [3.63, 3.8) is 0 Å². The van der Waals surface area contributed by atoms with Gasteiger partial charge in [0.05, 0.1) is 4.88 Å². The van der Waals surface area contributed by atoms with E-state index in [1.807, 2.05) is 36.6 Å². The molecular weight excluding hydrogens is 399 g/mol. The van der Waals surface area contributed by atoms with E-state index in [0.717, 1.165) is 24.0 Å². The minimum Gasteiger partial charge on any atom is -0.288 e. The Morgan fingerprint density at radius 3 is 2.75 bits per heavy atom. The van der Waals surface area contributed by atoms with Crippen LogP contribution in [0.25, 0.3) is 0 Å². The lowest BCUT2D eigenvalue weighted by atomic mass is 10.1. The quantitative estimate of drug-likeness (QED) is 0.523. The van der Waals surface area contributed by atoms with E-state index in [0.29, 0.717) is 0 Å². The minimum absolute atomic E-state index is 0.0953. The maximum absolute atomic E-state index is 12.3. The molecule has 2 aromatic rings. The predicted molar refractivity (Wildman–Crippen MR) is 79.3 cm³/mol. The fraction of sp³-hybridized carbons (Fsp3) is 0.0833. The zero-order chi connectivity index (χ0) is 11.7. The first kappa shape index (κ1) is 12.3. The van der Waals surface area contributed by atoms with Gasteiger partial charge in [-0.2, -0.15) is 0 Å². The number of hydrogen-bond donors (Lipinski definition) is 0. The minimum atomic E-state index is 0.0953. The lowest BCUT2D eigenvalue weighted by Gasteiger charge is -2.03. The second kappa shape index (κ2) is 4.98. The molecule has 0 atom stereocenters. The van der Waals surface area contributed by atoms with E-state index in [-0.39, 0.29) is 5.78 Å². The largest absolute Gasteiger partial charge is 0.288 e. The van der Waals surface area contributed by atoms with Crippen LogP contribution in [0.4, 0.5) is 0 Å². The van der Waals surface area contributed by atoms with Crippen molar-refractivity contribution in [3.05, 3.63) is 53.7 Å². The van der Waals surface area contributed by atoms with Crippen LogP contribution in [-0.2, 0) is 0 Å². The number of benzene rings is 1. The summed E-state index contributed by atoms with van der Waals surface area (Å²) in [5.74, 6) is 0.0953. The molecule has 1 aromatic heterocycles. The predicted octanol–water partition coefficient (Wildman–Crippen LogP) is 4.65. The molecule has 1 aromatic carbocycles. The van der Waals surface area contributed by atoms with E-state index < -0.39 is 0 Å². The fourth-order valence-electron chi connectivity index (χ4n) is 1.40. The van der Waals surface area contributed by atoms with Crippen molar-refractivity contribution in [2.24, 2.45) is 0 Å². The summed E-state index contributed by atoms with van der Waals surface area (Å²) in [5, 5.41) is 1.95. The Labute approximate surface area is 120 Å². The van der Waals surface area contributed by atoms with Crippen molar-refractivity contribution < 1.29 is 4.79 Å². The van der Waals surface area contributed by atoms with Crippen LogP contribution in [0.1, 0.15) is 20.8 Å². The van der Waals surface area contributed by atoms with E-state index in [2.05, 4.69) is 38.5 Å². The van der Waals surface area contributed by atoms with Crippen LogP contribution in [0.2, 0.25) is 0 Å². The van der Waals surface area contributed by atoms with Crippen molar-refractivity contribution in [3.8, 4) is 0 Å². The third kappa shape index (κ3) is 2.38. The first-order valence-corrected chi connectivity index (χ1v) is 7.38. The smallest absolute Gasteiger partial charge is 0.204 e. The maximum atomic E-state index is 12.3. The molecule has 0 aliphatic rings. The number of hydrogen-bond acceptors (Lipinski definition) is 2. The van der Waals surface area contributed by atoms with Gasteiger partial charge in [0.15, 0.2) is 0 Å². The summed E-state index contributed by atoms with van der Waals surface area (Å²) in [6, 6.07) is 7.77. The Kier molecular flexibility index (Phi) is 3.81.